The zero-order valence-corrected chi connectivity index (χ0v) is 15.6. The minimum atomic E-state index is -0.174. The highest BCUT2D eigenvalue weighted by Crippen LogP contribution is 2.25. The molecule has 0 radical (unpaired) electrons. The van der Waals surface area contributed by atoms with Crippen LogP contribution >= 0.6 is 12.4 Å². The van der Waals surface area contributed by atoms with Gasteiger partial charge in [-0.2, -0.15) is 0 Å². The third-order valence-electron chi connectivity index (χ3n) is 4.65. The number of carbonyl (C=O) groups is 1. The topological polar surface area (TPSA) is 101 Å². The summed E-state index contributed by atoms with van der Waals surface area (Å²) in [6, 6.07) is 8.99. The molecule has 3 rings (SSSR count). The van der Waals surface area contributed by atoms with Gasteiger partial charge in [-0.3, -0.25) is 9.59 Å². The number of amides is 1. The van der Waals surface area contributed by atoms with Crippen molar-refractivity contribution in [2.45, 2.75) is 45.1 Å². The van der Waals surface area contributed by atoms with E-state index in [2.05, 4.69) is 15.3 Å². The van der Waals surface area contributed by atoms with Crippen LogP contribution in [-0.4, -0.2) is 21.9 Å². The first kappa shape index (κ1) is 20.1. The molecule has 2 atom stereocenters. The van der Waals surface area contributed by atoms with E-state index in [1.165, 1.54) is 6.07 Å². The Morgan fingerprint density at radius 2 is 2.15 bits per heavy atom. The largest absolute Gasteiger partial charge is 0.328 e. The first-order chi connectivity index (χ1) is 12.0. The molecule has 1 aliphatic rings. The number of rotatable bonds is 4. The Labute approximate surface area is 159 Å². The lowest BCUT2D eigenvalue weighted by atomic mass is 9.85. The van der Waals surface area contributed by atoms with E-state index in [0.29, 0.717) is 17.9 Å². The summed E-state index contributed by atoms with van der Waals surface area (Å²) in [6.45, 7) is 1.96. The van der Waals surface area contributed by atoms with E-state index in [1.54, 1.807) is 0 Å². The number of H-pyrrole nitrogens is 1. The molecule has 0 aliphatic heterocycles. The molecule has 0 spiro atoms. The van der Waals surface area contributed by atoms with Crippen LogP contribution in [0.2, 0.25) is 0 Å². The van der Waals surface area contributed by atoms with Gasteiger partial charge >= 0.3 is 0 Å². The van der Waals surface area contributed by atoms with E-state index in [9.17, 15) is 9.59 Å². The van der Waals surface area contributed by atoms with E-state index in [1.807, 2.05) is 31.2 Å². The highest BCUT2D eigenvalue weighted by molar-refractivity contribution is 5.93. The van der Waals surface area contributed by atoms with Gasteiger partial charge < -0.3 is 16.0 Å². The van der Waals surface area contributed by atoms with Crippen molar-refractivity contribution in [3.63, 3.8) is 0 Å². The summed E-state index contributed by atoms with van der Waals surface area (Å²) in [5.41, 5.74) is 8.01. The van der Waals surface area contributed by atoms with Crippen molar-refractivity contribution >= 4 is 24.0 Å². The molecular weight excluding hydrogens is 352 g/mol. The van der Waals surface area contributed by atoms with E-state index >= 15 is 0 Å². The summed E-state index contributed by atoms with van der Waals surface area (Å²) in [4.78, 5) is 31.5. The van der Waals surface area contributed by atoms with Crippen LogP contribution in [0.4, 0.5) is 5.69 Å². The second-order valence-electron chi connectivity index (χ2n) is 6.63. The van der Waals surface area contributed by atoms with Gasteiger partial charge in [-0.1, -0.05) is 25.5 Å². The van der Waals surface area contributed by atoms with Gasteiger partial charge in [0.15, 0.2) is 0 Å². The molecule has 1 amide bonds. The summed E-state index contributed by atoms with van der Waals surface area (Å²) in [5.74, 6) is 0.491. The van der Waals surface area contributed by atoms with Gasteiger partial charge in [-0.25, -0.2) is 4.98 Å². The highest BCUT2D eigenvalue weighted by atomic mass is 35.5. The number of nitrogens with one attached hydrogen (secondary N) is 2. The molecule has 1 aliphatic carbocycles. The maximum Gasteiger partial charge on any atom is 0.251 e. The number of hydrogen-bond donors (Lipinski definition) is 3. The molecule has 4 N–H and O–H groups in total. The van der Waals surface area contributed by atoms with Crippen molar-refractivity contribution in [3.8, 4) is 11.4 Å². The highest BCUT2D eigenvalue weighted by Gasteiger charge is 2.25. The summed E-state index contributed by atoms with van der Waals surface area (Å²) < 4.78 is 0. The fourth-order valence-corrected chi connectivity index (χ4v) is 3.28. The van der Waals surface area contributed by atoms with Gasteiger partial charge in [-0.05, 0) is 37.8 Å². The van der Waals surface area contributed by atoms with E-state index < -0.39 is 0 Å². The van der Waals surface area contributed by atoms with E-state index in [0.717, 1.165) is 36.9 Å². The third-order valence-corrected chi connectivity index (χ3v) is 4.65. The number of nitrogens with zero attached hydrogens (tertiary/aromatic N) is 1. The number of aryl methyl sites for hydroxylation is 1. The molecular formula is C19H25ClN4O2. The van der Waals surface area contributed by atoms with E-state index in [4.69, 9.17) is 5.73 Å². The van der Waals surface area contributed by atoms with Crippen molar-refractivity contribution in [1.82, 2.24) is 9.97 Å². The standard InChI is InChI=1S/C19H24N4O2.ClH/c1-2-15-11-17(24)23-18(21-15)12-5-4-8-16(10-12)22-19(25)13-6-3-7-14(20)9-13;/h4-5,8,10-11,13-14H,2-3,6-7,9,20H2,1H3,(H,22,25)(H,21,23,24);1H. The second-order valence-corrected chi connectivity index (χ2v) is 6.63. The van der Waals surface area contributed by atoms with Crippen molar-refractivity contribution in [1.29, 1.82) is 0 Å². The number of carbonyl (C=O) groups excluding carboxylic acids is 1. The predicted octanol–water partition coefficient (Wildman–Crippen LogP) is 2.88. The van der Waals surface area contributed by atoms with Crippen LogP contribution in [0.5, 0.6) is 0 Å². The van der Waals surface area contributed by atoms with Crippen LogP contribution in [0.3, 0.4) is 0 Å². The number of benzene rings is 1. The van der Waals surface area contributed by atoms with Crippen molar-refractivity contribution < 1.29 is 4.79 Å². The zero-order chi connectivity index (χ0) is 17.8. The van der Waals surface area contributed by atoms with Crippen LogP contribution in [0.25, 0.3) is 11.4 Å². The number of aromatic amines is 1. The number of aromatic nitrogens is 2. The Morgan fingerprint density at radius 3 is 2.88 bits per heavy atom. The predicted molar refractivity (Wildman–Crippen MR) is 105 cm³/mol. The van der Waals surface area contributed by atoms with Gasteiger partial charge in [0.1, 0.15) is 5.82 Å². The van der Waals surface area contributed by atoms with Crippen LogP contribution in [0.15, 0.2) is 35.1 Å². The third kappa shape index (κ3) is 4.93. The lowest BCUT2D eigenvalue weighted by Crippen LogP contribution is -2.34. The molecule has 1 saturated carbocycles. The fourth-order valence-electron chi connectivity index (χ4n) is 3.28. The van der Waals surface area contributed by atoms with Crippen molar-refractivity contribution in [2.75, 3.05) is 5.32 Å². The molecule has 1 aromatic carbocycles. The van der Waals surface area contributed by atoms with Gasteiger partial charge in [-0.15, -0.1) is 12.4 Å². The molecule has 7 heteroatoms. The Morgan fingerprint density at radius 1 is 1.35 bits per heavy atom. The molecule has 0 bridgehead atoms. The smallest absolute Gasteiger partial charge is 0.251 e. The number of anilines is 1. The van der Waals surface area contributed by atoms with Gasteiger partial charge in [0, 0.05) is 35.0 Å². The van der Waals surface area contributed by atoms with Crippen LogP contribution in [0, 0.1) is 5.92 Å². The average molecular weight is 377 g/mol. The molecule has 1 fully saturated rings. The Bertz CT molecular complexity index is 821. The van der Waals surface area contributed by atoms with Gasteiger partial charge in [0.2, 0.25) is 5.91 Å². The molecule has 2 unspecified atom stereocenters. The van der Waals surface area contributed by atoms with Gasteiger partial charge in [0.05, 0.1) is 0 Å². The summed E-state index contributed by atoms with van der Waals surface area (Å²) in [5, 5.41) is 2.97. The molecule has 1 aromatic heterocycles. The minimum absolute atomic E-state index is 0. The van der Waals surface area contributed by atoms with Crippen LogP contribution < -0.4 is 16.6 Å². The normalized spacial score (nSPS) is 19.5. The zero-order valence-electron chi connectivity index (χ0n) is 14.8. The Balaban J connectivity index is 0.00000243. The SMILES string of the molecule is CCc1cc(=O)[nH]c(-c2cccc(NC(=O)C3CCCC(N)C3)c2)n1.Cl. The molecule has 6 nitrogen and oxygen atoms in total. The first-order valence-corrected chi connectivity index (χ1v) is 8.82. The monoisotopic (exact) mass is 376 g/mol. The summed E-state index contributed by atoms with van der Waals surface area (Å²) in [7, 11) is 0. The second kappa shape index (κ2) is 8.96. The van der Waals surface area contributed by atoms with Crippen molar-refractivity contribution in [2.24, 2.45) is 11.7 Å². The van der Waals surface area contributed by atoms with Gasteiger partial charge in [0.25, 0.3) is 5.56 Å². The lowest BCUT2D eigenvalue weighted by Gasteiger charge is -2.25. The van der Waals surface area contributed by atoms with Crippen molar-refractivity contribution in [3.05, 3.63) is 46.4 Å². The average Bonchev–Trinajstić information content (AvgIpc) is 2.61. The maximum absolute atomic E-state index is 12.5. The quantitative estimate of drug-likeness (QED) is 0.763. The van der Waals surface area contributed by atoms with E-state index in [-0.39, 0.29) is 35.8 Å². The maximum atomic E-state index is 12.5. The summed E-state index contributed by atoms with van der Waals surface area (Å²) >= 11 is 0. The van der Waals surface area contributed by atoms with Crippen LogP contribution in [0.1, 0.15) is 38.3 Å². The number of halogens is 1. The molecule has 26 heavy (non-hydrogen) atoms. The molecule has 0 saturated heterocycles. The fraction of sp³-hybridized carbons (Fsp3) is 0.421. The molecule has 2 aromatic rings. The number of nitrogens with two attached hydrogens (primary N) is 1. The Kier molecular flexibility index (Phi) is 6.94. The Hall–Kier alpha value is -2.18. The number of hydrogen-bond acceptors (Lipinski definition) is 4. The minimum Gasteiger partial charge on any atom is -0.328 e. The van der Waals surface area contributed by atoms with Crippen LogP contribution in [-0.2, 0) is 11.2 Å². The molecule has 140 valence electrons. The lowest BCUT2D eigenvalue weighted by molar-refractivity contribution is -0.120. The molecule has 1 heterocycles. The first-order valence-electron chi connectivity index (χ1n) is 8.82. The summed E-state index contributed by atoms with van der Waals surface area (Å²) in [6.07, 6.45) is 4.29.